The van der Waals surface area contributed by atoms with Crippen molar-refractivity contribution in [3.05, 3.63) is 0 Å². The molecular weight excluding hydrogens is 385 g/mol. The highest BCUT2D eigenvalue weighted by molar-refractivity contribution is 5.68. The van der Waals surface area contributed by atoms with E-state index in [1.54, 1.807) is 0 Å². The van der Waals surface area contributed by atoms with Crippen LogP contribution in [0.1, 0.15) is 71.6 Å². The summed E-state index contributed by atoms with van der Waals surface area (Å²) < 4.78 is 29.0. The molecule has 4 aliphatic carbocycles. The predicted octanol–water partition coefficient (Wildman–Crippen LogP) is 4.15. The number of halogens is 1. The highest BCUT2D eigenvalue weighted by Gasteiger charge is 2.69. The Morgan fingerprint density at radius 1 is 1.00 bits per heavy atom. The molecule has 6 unspecified atom stereocenters. The normalized spacial score (nSPS) is 49.4. The fourth-order valence-corrected chi connectivity index (χ4v) is 8.75. The second kappa shape index (κ2) is 7.14. The number of hydrogen-bond acceptors (Lipinski definition) is 4. The second-order valence-corrected chi connectivity index (χ2v) is 11.4. The van der Waals surface area contributed by atoms with E-state index in [9.17, 15) is 4.79 Å². The van der Waals surface area contributed by atoms with Gasteiger partial charge in [-0.15, -0.1) is 0 Å². The zero-order chi connectivity index (χ0) is 21.2. The SMILES string of the molecule is CC12CCC3C(CC[C@@]4(F)CC(CNCC(=O)O)CCC34C)C1CCC21OCCO1. The van der Waals surface area contributed by atoms with Crippen LogP contribution in [-0.2, 0) is 14.3 Å². The fourth-order valence-electron chi connectivity index (χ4n) is 8.75. The molecule has 1 saturated heterocycles. The Morgan fingerprint density at radius 3 is 2.40 bits per heavy atom. The van der Waals surface area contributed by atoms with E-state index in [1.807, 2.05) is 0 Å². The maximum Gasteiger partial charge on any atom is 0.317 e. The van der Waals surface area contributed by atoms with Crippen LogP contribution in [0.15, 0.2) is 0 Å². The summed E-state index contributed by atoms with van der Waals surface area (Å²) in [5.74, 6) is 0.598. The summed E-state index contributed by atoms with van der Waals surface area (Å²) in [5.41, 5.74) is -1.31. The lowest BCUT2D eigenvalue weighted by atomic mass is 9.43. The number of rotatable bonds is 4. The number of alkyl halides is 1. The Hall–Kier alpha value is -0.720. The fraction of sp³-hybridized carbons (Fsp3) is 0.958. The molecule has 0 bridgehead atoms. The number of carboxylic acids is 1. The zero-order valence-electron chi connectivity index (χ0n) is 18.6. The van der Waals surface area contributed by atoms with Crippen molar-refractivity contribution in [2.24, 2.45) is 34.5 Å². The minimum Gasteiger partial charge on any atom is -0.480 e. The lowest BCUT2D eigenvalue weighted by Gasteiger charge is -2.63. The van der Waals surface area contributed by atoms with Crippen molar-refractivity contribution in [3.63, 3.8) is 0 Å². The van der Waals surface area contributed by atoms with Gasteiger partial charge in [0.15, 0.2) is 5.79 Å². The Labute approximate surface area is 179 Å². The van der Waals surface area contributed by atoms with Crippen LogP contribution < -0.4 is 5.32 Å². The second-order valence-electron chi connectivity index (χ2n) is 11.4. The number of hydrogen-bond donors (Lipinski definition) is 2. The molecule has 2 N–H and O–H groups in total. The molecule has 170 valence electrons. The van der Waals surface area contributed by atoms with Crippen molar-refractivity contribution in [3.8, 4) is 0 Å². The van der Waals surface area contributed by atoms with Crippen LogP contribution in [0.2, 0.25) is 0 Å². The van der Waals surface area contributed by atoms with Gasteiger partial charge in [-0.05, 0) is 81.6 Å². The maximum absolute atomic E-state index is 16.5. The number of aliphatic carboxylic acids is 1. The van der Waals surface area contributed by atoms with Crippen LogP contribution in [0, 0.1) is 34.5 Å². The third-order valence-electron chi connectivity index (χ3n) is 10.3. The molecule has 0 aromatic carbocycles. The van der Waals surface area contributed by atoms with Gasteiger partial charge in [-0.2, -0.15) is 0 Å². The Bertz CT molecular complexity index is 697. The number of nitrogens with one attached hydrogen (secondary N) is 1. The van der Waals surface area contributed by atoms with E-state index >= 15 is 4.39 Å². The van der Waals surface area contributed by atoms with Gasteiger partial charge in [0, 0.05) is 17.3 Å². The molecule has 30 heavy (non-hydrogen) atoms. The summed E-state index contributed by atoms with van der Waals surface area (Å²) in [4.78, 5) is 10.8. The molecule has 5 nitrogen and oxygen atoms in total. The van der Waals surface area contributed by atoms with Gasteiger partial charge < -0.3 is 19.9 Å². The van der Waals surface area contributed by atoms with Gasteiger partial charge in [-0.3, -0.25) is 4.79 Å². The van der Waals surface area contributed by atoms with Gasteiger partial charge in [0.2, 0.25) is 0 Å². The number of carboxylic acid groups (broad SMARTS) is 1. The Kier molecular flexibility index (Phi) is 5.03. The first-order valence-corrected chi connectivity index (χ1v) is 12.1. The molecule has 5 fully saturated rings. The highest BCUT2D eigenvalue weighted by atomic mass is 19.1. The molecule has 1 heterocycles. The van der Waals surface area contributed by atoms with E-state index in [2.05, 4.69) is 19.2 Å². The van der Waals surface area contributed by atoms with Crippen LogP contribution in [0.25, 0.3) is 0 Å². The summed E-state index contributed by atoms with van der Waals surface area (Å²) in [6.45, 7) is 6.61. The molecule has 7 atom stereocenters. The molecule has 5 rings (SSSR count). The largest absolute Gasteiger partial charge is 0.480 e. The molecule has 5 aliphatic rings. The average Bonchev–Trinajstić information content (AvgIpc) is 3.29. The smallest absolute Gasteiger partial charge is 0.317 e. The van der Waals surface area contributed by atoms with Crippen molar-refractivity contribution in [1.29, 1.82) is 0 Å². The standard InChI is InChI=1S/C24H38FNO4/c1-21-7-3-16(14-26-15-20(27)28)13-23(21,25)9-4-17-18(21)5-8-22(2)19(17)6-10-24(22)29-11-12-30-24/h16-19,26H,3-15H2,1-2H3,(H,27,28)/t16?,17?,18?,19?,21?,22?,23-/m1/s1. The van der Waals surface area contributed by atoms with Gasteiger partial charge >= 0.3 is 5.97 Å². The molecule has 0 amide bonds. The summed E-state index contributed by atoms with van der Waals surface area (Å²) in [6, 6.07) is 0. The highest BCUT2D eigenvalue weighted by Crippen LogP contribution is 2.71. The van der Waals surface area contributed by atoms with Crippen LogP contribution in [0.4, 0.5) is 4.39 Å². The van der Waals surface area contributed by atoms with Gasteiger partial charge in [0.05, 0.1) is 19.8 Å². The summed E-state index contributed by atoms with van der Waals surface area (Å²) in [5, 5.41) is 11.9. The van der Waals surface area contributed by atoms with Crippen molar-refractivity contribution >= 4 is 5.97 Å². The monoisotopic (exact) mass is 423 g/mol. The molecule has 6 heteroatoms. The first kappa shape index (κ1) is 21.1. The van der Waals surface area contributed by atoms with Crippen LogP contribution in [0.5, 0.6) is 0 Å². The van der Waals surface area contributed by atoms with Gasteiger partial charge in [-0.25, -0.2) is 4.39 Å². The molecule has 0 aromatic heterocycles. The van der Waals surface area contributed by atoms with Gasteiger partial charge in [-0.1, -0.05) is 13.8 Å². The van der Waals surface area contributed by atoms with Crippen molar-refractivity contribution in [2.45, 2.75) is 83.1 Å². The van der Waals surface area contributed by atoms with E-state index in [1.165, 1.54) is 0 Å². The number of fused-ring (bicyclic) bond motifs is 6. The van der Waals surface area contributed by atoms with Crippen LogP contribution >= 0.6 is 0 Å². The zero-order valence-corrected chi connectivity index (χ0v) is 18.6. The lowest BCUT2D eigenvalue weighted by Crippen LogP contribution is -2.62. The minimum atomic E-state index is -1.12. The summed E-state index contributed by atoms with van der Waals surface area (Å²) in [6.07, 6.45) is 8.42. The third-order valence-corrected chi connectivity index (χ3v) is 10.3. The van der Waals surface area contributed by atoms with E-state index in [0.29, 0.717) is 50.4 Å². The number of ether oxygens (including phenoxy) is 2. The molecule has 4 saturated carbocycles. The molecule has 1 spiro atoms. The summed E-state index contributed by atoms with van der Waals surface area (Å²) >= 11 is 0. The van der Waals surface area contributed by atoms with Crippen LogP contribution in [-0.4, -0.2) is 48.8 Å². The topological polar surface area (TPSA) is 67.8 Å². The van der Waals surface area contributed by atoms with Crippen molar-refractivity contribution in [1.82, 2.24) is 5.32 Å². The molecule has 0 aromatic rings. The minimum absolute atomic E-state index is 0.0378. The Morgan fingerprint density at radius 2 is 1.67 bits per heavy atom. The first-order valence-electron chi connectivity index (χ1n) is 12.1. The first-order chi connectivity index (χ1) is 14.2. The maximum atomic E-state index is 16.5. The lowest BCUT2D eigenvalue weighted by molar-refractivity contribution is -0.253. The van der Waals surface area contributed by atoms with Crippen molar-refractivity contribution in [2.75, 3.05) is 26.3 Å². The van der Waals surface area contributed by atoms with E-state index in [0.717, 1.165) is 44.9 Å². The molecular formula is C24H38FNO4. The summed E-state index contributed by atoms with van der Waals surface area (Å²) in [7, 11) is 0. The molecule has 0 radical (unpaired) electrons. The third kappa shape index (κ3) is 2.85. The van der Waals surface area contributed by atoms with Gasteiger partial charge in [0.1, 0.15) is 5.67 Å². The van der Waals surface area contributed by atoms with E-state index in [4.69, 9.17) is 14.6 Å². The van der Waals surface area contributed by atoms with E-state index < -0.39 is 11.6 Å². The van der Waals surface area contributed by atoms with E-state index in [-0.39, 0.29) is 29.1 Å². The predicted molar refractivity (Wildman–Crippen MR) is 111 cm³/mol. The quantitative estimate of drug-likeness (QED) is 0.711. The number of carbonyl (C=O) groups is 1. The van der Waals surface area contributed by atoms with Crippen LogP contribution in [0.3, 0.4) is 0 Å². The van der Waals surface area contributed by atoms with Gasteiger partial charge in [0.25, 0.3) is 0 Å². The molecule has 1 aliphatic heterocycles. The Balaban J connectivity index is 1.33. The average molecular weight is 424 g/mol. The van der Waals surface area contributed by atoms with Crippen molar-refractivity contribution < 1.29 is 23.8 Å².